The van der Waals surface area contributed by atoms with Crippen LogP contribution in [-0.2, 0) is 17.8 Å². The summed E-state index contributed by atoms with van der Waals surface area (Å²) in [5, 5.41) is 12.4. The van der Waals surface area contributed by atoms with Crippen LogP contribution in [0.2, 0.25) is 0 Å². The van der Waals surface area contributed by atoms with Gasteiger partial charge in [0.25, 0.3) is 0 Å². The van der Waals surface area contributed by atoms with Crippen LogP contribution in [0.4, 0.5) is 4.79 Å². The third-order valence-corrected chi connectivity index (χ3v) is 6.33. The number of carbonyl (C=O) groups excluding carboxylic acids is 2. The van der Waals surface area contributed by atoms with Gasteiger partial charge in [0.05, 0.1) is 37.9 Å². The van der Waals surface area contributed by atoms with Gasteiger partial charge in [0.15, 0.2) is 11.5 Å². The van der Waals surface area contributed by atoms with Gasteiger partial charge in [0.2, 0.25) is 5.91 Å². The number of methoxy groups -OCH3 is 2. The van der Waals surface area contributed by atoms with Crippen LogP contribution in [0.25, 0.3) is 0 Å². The fourth-order valence-electron chi connectivity index (χ4n) is 4.56. The zero-order valence-corrected chi connectivity index (χ0v) is 18.9. The van der Waals surface area contributed by atoms with E-state index in [1.807, 2.05) is 30.3 Å². The highest BCUT2D eigenvalue weighted by Gasteiger charge is 2.46. The van der Waals surface area contributed by atoms with Gasteiger partial charge in [-0.1, -0.05) is 18.2 Å². The molecule has 2 aromatic carbocycles. The van der Waals surface area contributed by atoms with Crippen molar-refractivity contribution in [2.45, 2.75) is 32.0 Å². The normalized spacial score (nSPS) is 20.3. The topological polar surface area (TPSA) is 94.9 Å². The Balaban J connectivity index is 1.54. The first-order chi connectivity index (χ1) is 16.0. The number of urea groups is 1. The summed E-state index contributed by atoms with van der Waals surface area (Å²) in [5.41, 5.74) is 2.45. The van der Waals surface area contributed by atoms with Gasteiger partial charge in [-0.05, 0) is 61.2 Å². The van der Waals surface area contributed by atoms with Gasteiger partial charge in [0.1, 0.15) is 0 Å². The van der Waals surface area contributed by atoms with Crippen LogP contribution < -0.4 is 14.8 Å². The van der Waals surface area contributed by atoms with E-state index in [4.69, 9.17) is 14.7 Å². The van der Waals surface area contributed by atoms with Gasteiger partial charge >= 0.3 is 6.03 Å². The summed E-state index contributed by atoms with van der Waals surface area (Å²) in [5.74, 6) is 0.871. The molecule has 172 valence electrons. The van der Waals surface area contributed by atoms with Gasteiger partial charge in [0, 0.05) is 13.1 Å². The molecule has 8 nitrogen and oxygen atoms in total. The van der Waals surface area contributed by atoms with Crippen molar-refractivity contribution in [2.24, 2.45) is 5.92 Å². The number of amides is 3. The van der Waals surface area contributed by atoms with Crippen molar-refractivity contribution >= 4 is 11.9 Å². The molecule has 0 spiro atoms. The highest BCUT2D eigenvalue weighted by Crippen LogP contribution is 2.31. The summed E-state index contributed by atoms with van der Waals surface area (Å²) < 4.78 is 10.7. The van der Waals surface area contributed by atoms with Crippen LogP contribution in [0, 0.1) is 17.2 Å². The molecule has 2 aromatic rings. The molecule has 2 heterocycles. The molecule has 2 saturated heterocycles. The fourth-order valence-corrected chi connectivity index (χ4v) is 4.56. The number of hydrogen-bond donors (Lipinski definition) is 1. The number of ether oxygens (including phenoxy) is 2. The average molecular weight is 449 g/mol. The molecule has 2 unspecified atom stereocenters. The lowest BCUT2D eigenvalue weighted by molar-refractivity contribution is -0.141. The van der Waals surface area contributed by atoms with E-state index in [0.29, 0.717) is 36.6 Å². The molecule has 3 amide bonds. The number of benzene rings is 2. The third kappa shape index (κ3) is 4.64. The first-order valence-electron chi connectivity index (χ1n) is 11.1. The second-order valence-corrected chi connectivity index (χ2v) is 8.30. The minimum atomic E-state index is -0.313. The maximum atomic E-state index is 13.5. The Kier molecular flexibility index (Phi) is 6.80. The van der Waals surface area contributed by atoms with Gasteiger partial charge in [-0.25, -0.2) is 4.79 Å². The average Bonchev–Trinajstić information content (AvgIpc) is 2.86. The van der Waals surface area contributed by atoms with E-state index in [1.165, 1.54) is 4.90 Å². The molecule has 2 atom stereocenters. The van der Waals surface area contributed by atoms with Crippen molar-refractivity contribution in [3.05, 3.63) is 59.2 Å². The molecular formula is C25H28N4O4. The van der Waals surface area contributed by atoms with E-state index >= 15 is 0 Å². The van der Waals surface area contributed by atoms with Crippen LogP contribution in [-0.4, -0.2) is 55.2 Å². The van der Waals surface area contributed by atoms with Crippen LogP contribution in [0.15, 0.2) is 42.5 Å². The molecule has 1 N–H and O–H groups in total. The smallest absolute Gasteiger partial charge is 0.328 e. The predicted molar refractivity (Wildman–Crippen MR) is 122 cm³/mol. The summed E-state index contributed by atoms with van der Waals surface area (Å²) in [4.78, 5) is 29.8. The largest absolute Gasteiger partial charge is 0.493 e. The van der Waals surface area contributed by atoms with E-state index in [9.17, 15) is 9.59 Å². The minimum Gasteiger partial charge on any atom is -0.493 e. The number of carbonyl (C=O) groups is 2. The first-order valence-corrected chi connectivity index (χ1v) is 11.1. The number of fused-ring (bicyclic) bond motifs is 1. The fraction of sp³-hybridized carbons (Fsp3) is 0.400. The Labute approximate surface area is 193 Å². The highest BCUT2D eigenvalue weighted by molar-refractivity contribution is 5.98. The molecule has 2 aliphatic rings. The highest BCUT2D eigenvalue weighted by atomic mass is 16.5. The number of rotatable bonds is 7. The van der Waals surface area contributed by atoms with E-state index in [1.54, 1.807) is 31.3 Å². The van der Waals surface area contributed by atoms with Crippen molar-refractivity contribution in [3.63, 3.8) is 0 Å². The van der Waals surface area contributed by atoms with Crippen LogP contribution in [0.1, 0.15) is 29.5 Å². The van der Waals surface area contributed by atoms with Gasteiger partial charge in [-0.15, -0.1) is 0 Å². The van der Waals surface area contributed by atoms with Crippen LogP contribution in [0.3, 0.4) is 0 Å². The molecular weight excluding hydrogens is 420 g/mol. The molecule has 33 heavy (non-hydrogen) atoms. The van der Waals surface area contributed by atoms with Crippen molar-refractivity contribution in [3.8, 4) is 17.6 Å². The lowest BCUT2D eigenvalue weighted by atomic mass is 9.91. The number of nitrogens with one attached hydrogen (secondary N) is 1. The van der Waals surface area contributed by atoms with Gasteiger partial charge in [-0.2, -0.15) is 5.26 Å². The van der Waals surface area contributed by atoms with E-state index in [-0.39, 0.29) is 24.0 Å². The number of imide groups is 1. The molecule has 2 aliphatic heterocycles. The second kappa shape index (κ2) is 9.92. The summed E-state index contributed by atoms with van der Waals surface area (Å²) in [6.45, 7) is 1.44. The molecule has 4 rings (SSSR count). The van der Waals surface area contributed by atoms with Crippen LogP contribution in [0.5, 0.6) is 11.5 Å². The minimum absolute atomic E-state index is 0.117. The Bertz CT molecular complexity index is 1060. The Morgan fingerprint density at radius 2 is 1.79 bits per heavy atom. The summed E-state index contributed by atoms with van der Waals surface area (Å²) in [6, 6.07) is 14.6. The Morgan fingerprint density at radius 3 is 2.48 bits per heavy atom. The molecule has 0 aliphatic carbocycles. The van der Waals surface area contributed by atoms with Crippen LogP contribution >= 0.6 is 0 Å². The van der Waals surface area contributed by atoms with E-state index in [0.717, 1.165) is 30.5 Å². The molecule has 2 fully saturated rings. The zero-order valence-electron chi connectivity index (χ0n) is 18.9. The number of nitrogens with zero attached hydrogens (tertiary/aromatic N) is 3. The molecule has 0 radical (unpaired) electrons. The summed E-state index contributed by atoms with van der Waals surface area (Å²) in [6.07, 6.45) is 1.86. The first kappa shape index (κ1) is 22.6. The Morgan fingerprint density at radius 1 is 1.06 bits per heavy atom. The van der Waals surface area contributed by atoms with Crippen molar-refractivity contribution in [1.82, 2.24) is 15.1 Å². The number of hydrogen-bond acceptors (Lipinski definition) is 6. The SMILES string of the molecule is COc1ccc(CCN2C(=O)C3CCCNC3N(Cc3ccc(C#N)cc3)C2=O)cc1OC. The monoisotopic (exact) mass is 448 g/mol. The number of piperidine rings is 1. The van der Waals surface area contributed by atoms with Gasteiger partial charge < -0.3 is 14.4 Å². The third-order valence-electron chi connectivity index (χ3n) is 6.33. The second-order valence-electron chi connectivity index (χ2n) is 8.30. The quantitative estimate of drug-likeness (QED) is 0.700. The Hall–Kier alpha value is -3.57. The maximum absolute atomic E-state index is 13.5. The van der Waals surface area contributed by atoms with Gasteiger partial charge in [-0.3, -0.25) is 15.0 Å². The van der Waals surface area contributed by atoms with E-state index < -0.39 is 0 Å². The van der Waals surface area contributed by atoms with Crippen molar-refractivity contribution < 1.29 is 19.1 Å². The zero-order chi connectivity index (χ0) is 23.4. The molecule has 0 aromatic heterocycles. The standard InChI is InChI=1S/C25H28N4O4/c1-32-21-10-9-17(14-22(21)33-2)11-13-28-24(30)20-4-3-12-27-23(20)29(25(28)31)16-19-7-5-18(15-26)6-8-19/h5-10,14,20,23,27H,3-4,11-13,16H2,1-2H3. The molecule has 0 saturated carbocycles. The molecule has 8 heteroatoms. The summed E-state index contributed by atoms with van der Waals surface area (Å²) in [7, 11) is 3.16. The lowest BCUT2D eigenvalue weighted by Crippen LogP contribution is -2.67. The molecule has 0 bridgehead atoms. The predicted octanol–water partition coefficient (Wildman–Crippen LogP) is 2.91. The maximum Gasteiger partial charge on any atom is 0.328 e. The van der Waals surface area contributed by atoms with E-state index in [2.05, 4.69) is 11.4 Å². The lowest BCUT2D eigenvalue weighted by Gasteiger charge is -2.47. The van der Waals surface area contributed by atoms with Crippen molar-refractivity contribution in [1.29, 1.82) is 5.26 Å². The number of nitriles is 1. The summed E-state index contributed by atoms with van der Waals surface area (Å²) >= 11 is 0. The van der Waals surface area contributed by atoms with Crippen molar-refractivity contribution in [2.75, 3.05) is 27.3 Å².